The van der Waals surface area contributed by atoms with Crippen LogP contribution in [0.1, 0.15) is 5.69 Å². The molecule has 72 valence electrons. The van der Waals surface area contributed by atoms with Gasteiger partial charge in [-0.05, 0) is 29.5 Å². The molecule has 0 bridgehead atoms. The lowest BCUT2D eigenvalue weighted by molar-refractivity contribution is 0.809. The summed E-state index contributed by atoms with van der Waals surface area (Å²) in [5.74, 6) is 1.26. The van der Waals surface area contributed by atoms with Crippen molar-refractivity contribution in [3.05, 3.63) is 27.9 Å². The second-order valence-corrected chi connectivity index (χ2v) is 3.98. The Morgan fingerprint density at radius 2 is 2.29 bits per heavy atom. The fourth-order valence-corrected chi connectivity index (χ4v) is 1.70. The Labute approximate surface area is 94.5 Å². The van der Waals surface area contributed by atoms with E-state index < -0.39 is 0 Å². The summed E-state index contributed by atoms with van der Waals surface area (Å²) in [4.78, 5) is 8.06. The lowest BCUT2D eigenvalue weighted by Crippen LogP contribution is -2.04. The Hall–Kier alpha value is -1.18. The van der Waals surface area contributed by atoms with Crippen molar-refractivity contribution in [1.82, 2.24) is 19.7 Å². The van der Waals surface area contributed by atoms with E-state index >= 15 is 0 Å². The molecule has 2 heterocycles. The molecule has 14 heavy (non-hydrogen) atoms. The third-order valence-electron chi connectivity index (χ3n) is 1.76. The van der Waals surface area contributed by atoms with E-state index in [9.17, 15) is 0 Å². The number of halogens is 1. The quantitative estimate of drug-likeness (QED) is 0.802. The Bertz CT molecular complexity index is 465. The molecule has 0 radical (unpaired) electrons. The highest BCUT2D eigenvalue weighted by molar-refractivity contribution is 14.1. The maximum Gasteiger partial charge on any atom is 0.170 e. The summed E-state index contributed by atoms with van der Waals surface area (Å²) in [6.45, 7) is 1.93. The summed E-state index contributed by atoms with van der Waals surface area (Å²) in [6, 6.07) is 1.80. The Kier molecular flexibility index (Phi) is 2.36. The number of nitrogens with zero attached hydrogens (tertiary/aromatic N) is 4. The number of aromatic nitrogens is 4. The molecule has 0 amide bonds. The van der Waals surface area contributed by atoms with Gasteiger partial charge in [0.2, 0.25) is 0 Å². The lowest BCUT2D eigenvalue weighted by Gasteiger charge is -2.03. The Morgan fingerprint density at radius 3 is 2.86 bits per heavy atom. The largest absolute Gasteiger partial charge is 0.382 e. The van der Waals surface area contributed by atoms with Gasteiger partial charge >= 0.3 is 0 Å². The first kappa shape index (κ1) is 9.38. The molecule has 0 spiro atoms. The van der Waals surface area contributed by atoms with Crippen LogP contribution < -0.4 is 5.73 Å². The fraction of sp³-hybridized carbons (Fsp3) is 0.125. The monoisotopic (exact) mass is 301 g/mol. The average Bonchev–Trinajstić information content (AvgIpc) is 2.46. The number of nitrogens with two attached hydrogens (primary N) is 1. The van der Waals surface area contributed by atoms with Crippen molar-refractivity contribution in [3.63, 3.8) is 0 Å². The van der Waals surface area contributed by atoms with Gasteiger partial charge in [-0.15, -0.1) is 5.10 Å². The zero-order valence-corrected chi connectivity index (χ0v) is 9.63. The van der Waals surface area contributed by atoms with Crippen LogP contribution in [0.3, 0.4) is 0 Å². The van der Waals surface area contributed by atoms with Gasteiger partial charge in [0, 0.05) is 18.0 Å². The van der Waals surface area contributed by atoms with Crippen LogP contribution in [0.15, 0.2) is 18.6 Å². The minimum absolute atomic E-state index is 0.497. The molecule has 0 atom stereocenters. The number of nitrogen functional groups attached to an aromatic ring is 1. The number of aryl methyl sites for hydroxylation is 1. The predicted octanol–water partition coefficient (Wildman–Crippen LogP) is 1.16. The van der Waals surface area contributed by atoms with Crippen molar-refractivity contribution in [2.75, 3.05) is 5.73 Å². The van der Waals surface area contributed by atoms with E-state index in [4.69, 9.17) is 5.73 Å². The maximum atomic E-state index is 5.59. The van der Waals surface area contributed by atoms with Crippen molar-refractivity contribution in [1.29, 1.82) is 0 Å². The molecular formula is C8H8IN5. The van der Waals surface area contributed by atoms with Crippen LogP contribution in [0.25, 0.3) is 5.82 Å². The van der Waals surface area contributed by atoms with Crippen molar-refractivity contribution in [2.45, 2.75) is 6.92 Å². The Balaban J connectivity index is 2.60. The summed E-state index contributed by atoms with van der Waals surface area (Å²) >= 11 is 2.16. The van der Waals surface area contributed by atoms with Crippen molar-refractivity contribution >= 4 is 28.4 Å². The van der Waals surface area contributed by atoms with Gasteiger partial charge in [0.1, 0.15) is 12.1 Å². The SMILES string of the molecule is Cc1cc(N)nn1-c1ncncc1I. The first-order chi connectivity index (χ1) is 6.68. The van der Waals surface area contributed by atoms with Gasteiger partial charge in [-0.25, -0.2) is 14.6 Å². The van der Waals surface area contributed by atoms with Crippen molar-refractivity contribution in [3.8, 4) is 5.82 Å². The lowest BCUT2D eigenvalue weighted by atomic mass is 10.4. The molecule has 2 rings (SSSR count). The minimum Gasteiger partial charge on any atom is -0.382 e. The molecule has 0 saturated heterocycles. The van der Waals surface area contributed by atoms with Crippen LogP contribution in [0, 0.1) is 10.5 Å². The van der Waals surface area contributed by atoms with E-state index in [1.165, 1.54) is 6.33 Å². The van der Waals surface area contributed by atoms with Crippen molar-refractivity contribution in [2.24, 2.45) is 0 Å². The van der Waals surface area contributed by atoms with Crippen LogP contribution >= 0.6 is 22.6 Å². The van der Waals surface area contributed by atoms with Gasteiger partial charge < -0.3 is 5.73 Å². The molecule has 5 nitrogen and oxygen atoms in total. The van der Waals surface area contributed by atoms with E-state index in [0.29, 0.717) is 5.82 Å². The van der Waals surface area contributed by atoms with Crippen LogP contribution in [0.4, 0.5) is 5.82 Å². The number of rotatable bonds is 1. The zero-order chi connectivity index (χ0) is 10.1. The second kappa shape index (κ2) is 3.52. The molecule has 2 aromatic rings. The topological polar surface area (TPSA) is 69.6 Å². The highest BCUT2D eigenvalue weighted by Gasteiger charge is 2.08. The summed E-state index contributed by atoms with van der Waals surface area (Å²) in [5, 5.41) is 4.14. The smallest absolute Gasteiger partial charge is 0.170 e. The molecule has 2 aromatic heterocycles. The predicted molar refractivity (Wildman–Crippen MR) is 61.0 cm³/mol. The van der Waals surface area contributed by atoms with Gasteiger partial charge in [-0.1, -0.05) is 0 Å². The molecule has 0 fully saturated rings. The van der Waals surface area contributed by atoms with Gasteiger partial charge in [0.25, 0.3) is 0 Å². The maximum absolute atomic E-state index is 5.59. The van der Waals surface area contributed by atoms with Crippen LogP contribution in [0.2, 0.25) is 0 Å². The summed E-state index contributed by atoms with van der Waals surface area (Å²) in [5.41, 5.74) is 6.55. The van der Waals surface area contributed by atoms with Gasteiger partial charge in [0.15, 0.2) is 5.82 Å². The Morgan fingerprint density at radius 1 is 1.50 bits per heavy atom. The van der Waals surface area contributed by atoms with E-state index in [-0.39, 0.29) is 0 Å². The minimum atomic E-state index is 0.497. The van der Waals surface area contributed by atoms with E-state index in [1.807, 2.05) is 6.92 Å². The molecule has 0 saturated carbocycles. The van der Waals surface area contributed by atoms with Crippen LogP contribution in [-0.4, -0.2) is 19.7 Å². The highest BCUT2D eigenvalue weighted by atomic mass is 127. The zero-order valence-electron chi connectivity index (χ0n) is 7.48. The molecule has 0 aliphatic heterocycles. The van der Waals surface area contributed by atoms with Crippen LogP contribution in [0.5, 0.6) is 0 Å². The first-order valence-corrected chi connectivity index (χ1v) is 5.04. The molecule has 2 N–H and O–H groups in total. The van der Waals surface area contributed by atoms with E-state index in [0.717, 1.165) is 15.1 Å². The van der Waals surface area contributed by atoms with E-state index in [1.54, 1.807) is 16.9 Å². The summed E-state index contributed by atoms with van der Waals surface area (Å²) < 4.78 is 2.65. The molecule has 0 aliphatic carbocycles. The van der Waals surface area contributed by atoms with Gasteiger partial charge in [-0.3, -0.25) is 0 Å². The standard InChI is InChI=1S/C8H8IN5/c1-5-2-7(10)13-14(5)8-6(9)3-11-4-12-8/h2-4H,1H3,(H2,10,13). The fourth-order valence-electron chi connectivity index (χ4n) is 1.17. The highest BCUT2D eigenvalue weighted by Crippen LogP contribution is 2.15. The number of anilines is 1. The third kappa shape index (κ3) is 1.57. The van der Waals surface area contributed by atoms with Gasteiger partial charge in [-0.2, -0.15) is 0 Å². The van der Waals surface area contributed by atoms with Crippen LogP contribution in [-0.2, 0) is 0 Å². The second-order valence-electron chi connectivity index (χ2n) is 2.82. The molecule has 0 unspecified atom stereocenters. The van der Waals surface area contributed by atoms with Crippen molar-refractivity contribution < 1.29 is 0 Å². The normalized spacial score (nSPS) is 10.4. The molecule has 0 aromatic carbocycles. The summed E-state index contributed by atoms with van der Waals surface area (Å²) in [6.07, 6.45) is 3.23. The number of hydrogen-bond donors (Lipinski definition) is 1. The molecule has 0 aliphatic rings. The molecular weight excluding hydrogens is 293 g/mol. The molecule has 6 heteroatoms. The number of hydrogen-bond acceptors (Lipinski definition) is 4. The third-order valence-corrected chi connectivity index (χ3v) is 2.52. The average molecular weight is 301 g/mol. The van der Waals surface area contributed by atoms with E-state index in [2.05, 4.69) is 37.7 Å². The first-order valence-electron chi connectivity index (χ1n) is 3.96. The van der Waals surface area contributed by atoms with Gasteiger partial charge in [0.05, 0.1) is 3.57 Å². The summed E-state index contributed by atoms with van der Waals surface area (Å²) in [7, 11) is 0.